The standard InChI is InChI=1S/C12H17N3O3/c1-3-15(7-11(16)14-2)10-6-8(13)4-5-9(10)12(17)18/h4-6H,3,7,13H2,1-2H3,(H,14,16)(H,17,18). The normalized spacial score (nSPS) is 9.89. The van der Waals surface area contributed by atoms with Crippen molar-refractivity contribution in [2.24, 2.45) is 0 Å². The van der Waals surface area contributed by atoms with Crippen molar-refractivity contribution in [2.45, 2.75) is 6.92 Å². The molecule has 0 heterocycles. The van der Waals surface area contributed by atoms with E-state index in [4.69, 9.17) is 10.8 Å². The molecule has 98 valence electrons. The Morgan fingerprint density at radius 1 is 1.44 bits per heavy atom. The minimum Gasteiger partial charge on any atom is -0.478 e. The molecule has 0 radical (unpaired) electrons. The second-order valence-corrected chi connectivity index (χ2v) is 3.77. The van der Waals surface area contributed by atoms with Crippen molar-refractivity contribution in [1.82, 2.24) is 5.32 Å². The van der Waals surface area contributed by atoms with Crippen LogP contribution >= 0.6 is 0 Å². The van der Waals surface area contributed by atoms with Crippen LogP contribution in [0.4, 0.5) is 11.4 Å². The summed E-state index contributed by atoms with van der Waals surface area (Å²) in [6.07, 6.45) is 0. The number of nitrogens with two attached hydrogens (primary N) is 1. The fraction of sp³-hybridized carbons (Fsp3) is 0.333. The summed E-state index contributed by atoms with van der Waals surface area (Å²) < 4.78 is 0. The molecule has 0 saturated carbocycles. The van der Waals surface area contributed by atoms with Crippen LogP contribution in [0.15, 0.2) is 18.2 Å². The Bertz CT molecular complexity index is 460. The van der Waals surface area contributed by atoms with E-state index in [1.807, 2.05) is 6.92 Å². The van der Waals surface area contributed by atoms with Gasteiger partial charge in [-0.2, -0.15) is 0 Å². The number of likely N-dealkylation sites (N-methyl/N-ethyl adjacent to an activating group) is 2. The molecule has 0 unspecified atom stereocenters. The Morgan fingerprint density at radius 2 is 2.11 bits per heavy atom. The van der Waals surface area contributed by atoms with E-state index >= 15 is 0 Å². The number of rotatable bonds is 5. The summed E-state index contributed by atoms with van der Waals surface area (Å²) in [4.78, 5) is 24.2. The third kappa shape index (κ3) is 3.13. The highest BCUT2D eigenvalue weighted by Crippen LogP contribution is 2.23. The van der Waals surface area contributed by atoms with E-state index in [-0.39, 0.29) is 18.0 Å². The van der Waals surface area contributed by atoms with Gasteiger partial charge in [-0.1, -0.05) is 0 Å². The van der Waals surface area contributed by atoms with Gasteiger partial charge in [0.05, 0.1) is 17.8 Å². The van der Waals surface area contributed by atoms with Crippen LogP contribution < -0.4 is 16.0 Å². The van der Waals surface area contributed by atoms with E-state index < -0.39 is 5.97 Å². The average Bonchev–Trinajstić information content (AvgIpc) is 2.35. The summed E-state index contributed by atoms with van der Waals surface area (Å²) >= 11 is 0. The molecule has 0 spiro atoms. The molecule has 1 aromatic carbocycles. The summed E-state index contributed by atoms with van der Waals surface area (Å²) in [6, 6.07) is 4.54. The van der Waals surface area contributed by atoms with E-state index in [0.717, 1.165) is 0 Å². The molecule has 6 nitrogen and oxygen atoms in total. The molecule has 1 aromatic rings. The van der Waals surface area contributed by atoms with Gasteiger partial charge in [0.15, 0.2) is 0 Å². The van der Waals surface area contributed by atoms with E-state index in [1.165, 1.54) is 19.2 Å². The van der Waals surface area contributed by atoms with Gasteiger partial charge in [-0.3, -0.25) is 4.79 Å². The van der Waals surface area contributed by atoms with Crippen LogP contribution in [0.25, 0.3) is 0 Å². The molecule has 1 amide bonds. The van der Waals surface area contributed by atoms with Crippen molar-refractivity contribution in [3.8, 4) is 0 Å². The highest BCUT2D eigenvalue weighted by atomic mass is 16.4. The first kappa shape index (κ1) is 13.8. The second kappa shape index (κ2) is 5.90. The van der Waals surface area contributed by atoms with Gasteiger partial charge in [0.2, 0.25) is 5.91 Å². The largest absolute Gasteiger partial charge is 0.478 e. The molecule has 4 N–H and O–H groups in total. The highest BCUT2D eigenvalue weighted by Gasteiger charge is 2.17. The number of carbonyl (C=O) groups excluding carboxylic acids is 1. The summed E-state index contributed by atoms with van der Waals surface area (Å²) in [5, 5.41) is 11.6. The SMILES string of the molecule is CCN(CC(=O)NC)c1cc(N)ccc1C(=O)O. The molecule has 0 fully saturated rings. The molecular weight excluding hydrogens is 234 g/mol. The lowest BCUT2D eigenvalue weighted by atomic mass is 10.1. The van der Waals surface area contributed by atoms with Gasteiger partial charge in [0.25, 0.3) is 0 Å². The number of hydrogen-bond donors (Lipinski definition) is 3. The van der Waals surface area contributed by atoms with Crippen LogP contribution in [-0.2, 0) is 4.79 Å². The maximum atomic E-state index is 11.4. The van der Waals surface area contributed by atoms with Gasteiger partial charge in [0.1, 0.15) is 0 Å². The molecule has 0 aliphatic heterocycles. The fourth-order valence-corrected chi connectivity index (χ4v) is 1.61. The van der Waals surface area contributed by atoms with Crippen LogP contribution in [-0.4, -0.2) is 37.1 Å². The molecule has 0 aliphatic carbocycles. The van der Waals surface area contributed by atoms with Gasteiger partial charge in [-0.25, -0.2) is 4.79 Å². The third-order valence-corrected chi connectivity index (χ3v) is 2.59. The zero-order chi connectivity index (χ0) is 13.7. The van der Waals surface area contributed by atoms with Crippen molar-refractivity contribution in [3.63, 3.8) is 0 Å². The first-order chi connectivity index (χ1) is 8.49. The Balaban J connectivity index is 3.14. The van der Waals surface area contributed by atoms with Crippen LogP contribution in [0.2, 0.25) is 0 Å². The quantitative estimate of drug-likeness (QED) is 0.664. The third-order valence-electron chi connectivity index (χ3n) is 2.59. The Hall–Kier alpha value is -2.24. The number of carbonyl (C=O) groups is 2. The summed E-state index contributed by atoms with van der Waals surface area (Å²) in [6.45, 7) is 2.45. The Morgan fingerprint density at radius 3 is 2.61 bits per heavy atom. The number of hydrogen-bond acceptors (Lipinski definition) is 4. The highest BCUT2D eigenvalue weighted by molar-refractivity contribution is 5.96. The number of nitrogens with one attached hydrogen (secondary N) is 1. The fourth-order valence-electron chi connectivity index (χ4n) is 1.61. The molecule has 6 heteroatoms. The second-order valence-electron chi connectivity index (χ2n) is 3.77. The maximum absolute atomic E-state index is 11.4. The molecule has 18 heavy (non-hydrogen) atoms. The molecular formula is C12H17N3O3. The van der Waals surface area contributed by atoms with Crippen LogP contribution in [0.1, 0.15) is 17.3 Å². The zero-order valence-corrected chi connectivity index (χ0v) is 10.4. The first-order valence-corrected chi connectivity index (χ1v) is 5.58. The van der Waals surface area contributed by atoms with E-state index in [2.05, 4.69) is 5.32 Å². The first-order valence-electron chi connectivity index (χ1n) is 5.58. The van der Waals surface area contributed by atoms with Gasteiger partial charge in [0, 0.05) is 19.3 Å². The summed E-state index contributed by atoms with van der Waals surface area (Å²) in [7, 11) is 1.54. The number of anilines is 2. The lowest BCUT2D eigenvalue weighted by Gasteiger charge is -2.24. The molecule has 0 atom stereocenters. The maximum Gasteiger partial charge on any atom is 0.337 e. The van der Waals surface area contributed by atoms with Crippen molar-refractivity contribution >= 4 is 23.3 Å². The Kier molecular flexibility index (Phi) is 4.53. The monoisotopic (exact) mass is 251 g/mol. The molecule has 1 rings (SSSR count). The van der Waals surface area contributed by atoms with Gasteiger partial charge >= 0.3 is 5.97 Å². The lowest BCUT2D eigenvalue weighted by molar-refractivity contribution is -0.119. The zero-order valence-electron chi connectivity index (χ0n) is 10.4. The van der Waals surface area contributed by atoms with Crippen molar-refractivity contribution < 1.29 is 14.7 Å². The lowest BCUT2D eigenvalue weighted by Crippen LogP contribution is -2.36. The van der Waals surface area contributed by atoms with Crippen LogP contribution in [0, 0.1) is 0 Å². The van der Waals surface area contributed by atoms with Crippen LogP contribution in [0.3, 0.4) is 0 Å². The van der Waals surface area contributed by atoms with Crippen molar-refractivity contribution in [2.75, 3.05) is 30.8 Å². The predicted octanol–water partition coefficient (Wildman–Crippen LogP) is 0.539. The number of nitrogen functional groups attached to an aromatic ring is 1. The van der Waals surface area contributed by atoms with Crippen molar-refractivity contribution in [1.29, 1.82) is 0 Å². The van der Waals surface area contributed by atoms with Crippen molar-refractivity contribution in [3.05, 3.63) is 23.8 Å². The molecule has 0 bridgehead atoms. The number of benzene rings is 1. The Labute approximate surface area is 105 Å². The molecule has 0 saturated heterocycles. The predicted molar refractivity (Wildman–Crippen MR) is 69.8 cm³/mol. The summed E-state index contributed by atoms with van der Waals surface area (Å²) in [5.41, 5.74) is 6.71. The van der Waals surface area contributed by atoms with E-state index in [9.17, 15) is 9.59 Å². The smallest absolute Gasteiger partial charge is 0.337 e. The minimum absolute atomic E-state index is 0.0940. The average molecular weight is 251 g/mol. The topological polar surface area (TPSA) is 95.7 Å². The van der Waals surface area contributed by atoms with Crippen LogP contribution in [0.5, 0.6) is 0 Å². The molecule has 0 aliphatic rings. The van der Waals surface area contributed by atoms with Gasteiger partial charge in [-0.15, -0.1) is 0 Å². The number of carboxylic acid groups (broad SMARTS) is 1. The summed E-state index contributed by atoms with van der Waals surface area (Å²) in [5.74, 6) is -1.23. The number of aromatic carboxylic acids is 1. The van der Waals surface area contributed by atoms with E-state index in [1.54, 1.807) is 11.0 Å². The van der Waals surface area contributed by atoms with Gasteiger partial charge in [-0.05, 0) is 25.1 Å². The number of carboxylic acids is 1. The number of nitrogens with zero attached hydrogens (tertiary/aromatic N) is 1. The number of amides is 1. The minimum atomic E-state index is -1.04. The van der Waals surface area contributed by atoms with E-state index in [0.29, 0.717) is 17.9 Å². The molecule has 0 aromatic heterocycles. The van der Waals surface area contributed by atoms with Gasteiger partial charge < -0.3 is 21.1 Å².